The number of nitrogens with zero attached hydrogens (tertiary/aromatic N) is 4. The molecule has 7 heteroatoms. The van der Waals surface area contributed by atoms with Crippen LogP contribution in [0, 0.1) is 0 Å². The summed E-state index contributed by atoms with van der Waals surface area (Å²) < 4.78 is 13.4. The van der Waals surface area contributed by atoms with Crippen LogP contribution in [0.15, 0.2) is 41.1 Å². The van der Waals surface area contributed by atoms with Crippen LogP contribution in [0.5, 0.6) is 0 Å². The van der Waals surface area contributed by atoms with Gasteiger partial charge in [0.25, 0.3) is 5.91 Å². The third-order valence-electron chi connectivity index (χ3n) is 4.33. The van der Waals surface area contributed by atoms with E-state index in [1.165, 1.54) is 0 Å². The van der Waals surface area contributed by atoms with Gasteiger partial charge in [0.05, 0.1) is 18.7 Å². The van der Waals surface area contributed by atoms with Crippen molar-refractivity contribution in [3.8, 4) is 0 Å². The molecule has 25 heavy (non-hydrogen) atoms. The first-order valence-corrected chi connectivity index (χ1v) is 8.43. The van der Waals surface area contributed by atoms with Crippen molar-refractivity contribution in [3.63, 3.8) is 0 Å². The van der Waals surface area contributed by atoms with Crippen molar-refractivity contribution in [1.82, 2.24) is 19.5 Å². The zero-order valence-electron chi connectivity index (χ0n) is 14.3. The number of fused-ring (bicyclic) bond motifs is 1. The number of amides is 1. The minimum Gasteiger partial charge on any atom is -0.422 e. The van der Waals surface area contributed by atoms with E-state index in [1.807, 2.05) is 54.9 Å². The summed E-state index contributed by atoms with van der Waals surface area (Å²) in [5, 5.41) is 8.12. The second-order valence-electron chi connectivity index (χ2n) is 6.51. The van der Waals surface area contributed by atoms with Crippen LogP contribution in [0.3, 0.4) is 0 Å². The van der Waals surface area contributed by atoms with E-state index in [4.69, 9.17) is 9.15 Å². The molecule has 0 unspecified atom stereocenters. The van der Waals surface area contributed by atoms with E-state index >= 15 is 0 Å². The molecule has 3 aromatic rings. The molecule has 0 saturated carbocycles. The number of hydrogen-bond acceptors (Lipinski definition) is 5. The van der Waals surface area contributed by atoms with Gasteiger partial charge in [0, 0.05) is 30.4 Å². The standard InChI is InChI=1S/C18H20N4O3/c1-12(2)16-19-20-17(25-16)15-11-22(7-8-24-15)18(23)13-9-14-5-3-4-6-21(14)10-13/h3-6,9-10,12,15H,7-8,11H2,1-2H3/t15-/m0/s1. The number of pyridine rings is 1. The lowest BCUT2D eigenvalue weighted by Gasteiger charge is -2.31. The van der Waals surface area contributed by atoms with E-state index < -0.39 is 0 Å². The van der Waals surface area contributed by atoms with Gasteiger partial charge in [-0.25, -0.2) is 0 Å². The Kier molecular flexibility index (Phi) is 4.01. The molecule has 3 aromatic heterocycles. The first kappa shape index (κ1) is 15.8. The monoisotopic (exact) mass is 340 g/mol. The summed E-state index contributed by atoms with van der Waals surface area (Å²) in [7, 11) is 0. The summed E-state index contributed by atoms with van der Waals surface area (Å²) in [6, 6.07) is 7.77. The highest BCUT2D eigenvalue weighted by atomic mass is 16.5. The zero-order valence-corrected chi connectivity index (χ0v) is 14.3. The fourth-order valence-corrected chi connectivity index (χ4v) is 2.95. The summed E-state index contributed by atoms with van der Waals surface area (Å²) in [6.07, 6.45) is 3.40. The van der Waals surface area contributed by atoms with Gasteiger partial charge >= 0.3 is 0 Å². The maximum Gasteiger partial charge on any atom is 0.255 e. The summed E-state index contributed by atoms with van der Waals surface area (Å²) in [5.74, 6) is 1.17. The number of ether oxygens (including phenoxy) is 1. The molecule has 1 aliphatic rings. The molecule has 0 N–H and O–H groups in total. The highest BCUT2D eigenvalue weighted by Gasteiger charge is 2.30. The minimum atomic E-state index is -0.380. The fraction of sp³-hybridized carbons (Fsp3) is 0.389. The predicted molar refractivity (Wildman–Crippen MR) is 90.4 cm³/mol. The molecule has 0 aromatic carbocycles. The Morgan fingerprint density at radius 2 is 2.20 bits per heavy atom. The van der Waals surface area contributed by atoms with Crippen molar-refractivity contribution in [1.29, 1.82) is 0 Å². The SMILES string of the molecule is CC(C)c1nnc([C@@H]2CN(C(=O)c3cc4ccccn4c3)CCO2)o1. The molecular formula is C18H20N4O3. The van der Waals surface area contributed by atoms with Gasteiger partial charge in [-0.15, -0.1) is 10.2 Å². The number of carbonyl (C=O) groups is 1. The molecule has 7 nitrogen and oxygen atoms in total. The normalized spacial score (nSPS) is 18.2. The summed E-state index contributed by atoms with van der Waals surface area (Å²) in [5.41, 5.74) is 1.66. The summed E-state index contributed by atoms with van der Waals surface area (Å²) >= 11 is 0. The molecule has 1 amide bonds. The first-order valence-electron chi connectivity index (χ1n) is 8.43. The van der Waals surface area contributed by atoms with Crippen LogP contribution in [0.1, 0.15) is 48.0 Å². The Labute approximate surface area is 145 Å². The Bertz CT molecular complexity index is 866. The van der Waals surface area contributed by atoms with Crippen LogP contribution in [-0.2, 0) is 4.74 Å². The maximum absolute atomic E-state index is 12.9. The van der Waals surface area contributed by atoms with Crippen molar-refractivity contribution >= 4 is 11.4 Å². The molecule has 4 rings (SSSR count). The Balaban J connectivity index is 1.52. The molecule has 1 saturated heterocycles. The quantitative estimate of drug-likeness (QED) is 0.733. The first-order chi connectivity index (χ1) is 12.1. The van der Waals surface area contributed by atoms with Gasteiger partial charge in [-0.1, -0.05) is 19.9 Å². The number of carbonyl (C=O) groups excluding carboxylic acids is 1. The van der Waals surface area contributed by atoms with Gasteiger partial charge in [-0.3, -0.25) is 4.79 Å². The largest absolute Gasteiger partial charge is 0.422 e. The molecule has 130 valence electrons. The topological polar surface area (TPSA) is 72.9 Å². The van der Waals surface area contributed by atoms with E-state index in [1.54, 1.807) is 4.90 Å². The van der Waals surface area contributed by atoms with Crippen LogP contribution >= 0.6 is 0 Å². The molecule has 0 spiro atoms. The average Bonchev–Trinajstić information content (AvgIpc) is 3.28. The summed E-state index contributed by atoms with van der Waals surface area (Å²) in [4.78, 5) is 14.6. The van der Waals surface area contributed by atoms with Gasteiger partial charge in [0.2, 0.25) is 11.8 Å². The van der Waals surface area contributed by atoms with Crippen molar-refractivity contribution in [2.45, 2.75) is 25.9 Å². The van der Waals surface area contributed by atoms with Crippen LogP contribution in [0.25, 0.3) is 5.52 Å². The zero-order chi connectivity index (χ0) is 17.4. The molecule has 0 radical (unpaired) electrons. The van der Waals surface area contributed by atoms with E-state index in [-0.39, 0.29) is 17.9 Å². The second-order valence-corrected chi connectivity index (χ2v) is 6.51. The van der Waals surface area contributed by atoms with Crippen LogP contribution < -0.4 is 0 Å². The van der Waals surface area contributed by atoms with Crippen molar-refractivity contribution in [2.24, 2.45) is 0 Å². The highest BCUT2D eigenvalue weighted by molar-refractivity contribution is 5.95. The summed E-state index contributed by atoms with van der Waals surface area (Å²) in [6.45, 7) is 5.39. The van der Waals surface area contributed by atoms with Gasteiger partial charge in [-0.2, -0.15) is 0 Å². The Morgan fingerprint density at radius 1 is 1.32 bits per heavy atom. The predicted octanol–water partition coefficient (Wildman–Crippen LogP) is 2.66. The van der Waals surface area contributed by atoms with Crippen LogP contribution in [0.4, 0.5) is 0 Å². The number of morpholine rings is 1. The fourth-order valence-electron chi connectivity index (χ4n) is 2.95. The third kappa shape index (κ3) is 3.02. The van der Waals surface area contributed by atoms with Gasteiger partial charge in [0.1, 0.15) is 0 Å². The Morgan fingerprint density at radius 3 is 2.96 bits per heavy atom. The second kappa shape index (κ2) is 6.33. The van der Waals surface area contributed by atoms with Crippen LogP contribution in [0.2, 0.25) is 0 Å². The lowest BCUT2D eigenvalue weighted by molar-refractivity contribution is -0.0351. The van der Waals surface area contributed by atoms with E-state index in [0.717, 1.165) is 5.52 Å². The molecule has 4 heterocycles. The third-order valence-corrected chi connectivity index (χ3v) is 4.33. The molecule has 1 fully saturated rings. The lowest BCUT2D eigenvalue weighted by Crippen LogP contribution is -2.42. The van der Waals surface area contributed by atoms with Crippen molar-refractivity contribution < 1.29 is 13.9 Å². The van der Waals surface area contributed by atoms with E-state index in [0.29, 0.717) is 37.0 Å². The van der Waals surface area contributed by atoms with Gasteiger partial charge in [0.15, 0.2) is 6.10 Å². The number of hydrogen-bond donors (Lipinski definition) is 0. The lowest BCUT2D eigenvalue weighted by atomic mass is 10.2. The molecule has 0 bridgehead atoms. The van der Waals surface area contributed by atoms with E-state index in [9.17, 15) is 4.79 Å². The Hall–Kier alpha value is -2.67. The average molecular weight is 340 g/mol. The molecule has 1 atom stereocenters. The maximum atomic E-state index is 12.9. The number of rotatable bonds is 3. The number of aromatic nitrogens is 3. The van der Waals surface area contributed by atoms with E-state index in [2.05, 4.69) is 10.2 Å². The molecule has 0 aliphatic carbocycles. The minimum absolute atomic E-state index is 0.0133. The van der Waals surface area contributed by atoms with Gasteiger partial charge in [-0.05, 0) is 18.2 Å². The van der Waals surface area contributed by atoms with Crippen molar-refractivity contribution in [2.75, 3.05) is 19.7 Å². The van der Waals surface area contributed by atoms with Gasteiger partial charge < -0.3 is 18.5 Å². The molecule has 1 aliphatic heterocycles. The van der Waals surface area contributed by atoms with Crippen LogP contribution in [-0.4, -0.2) is 45.1 Å². The highest BCUT2D eigenvalue weighted by Crippen LogP contribution is 2.24. The smallest absolute Gasteiger partial charge is 0.255 e. The van der Waals surface area contributed by atoms with Crippen molar-refractivity contribution in [3.05, 3.63) is 54.0 Å². The molecular weight excluding hydrogens is 320 g/mol.